The predicted molar refractivity (Wildman–Crippen MR) is 70.9 cm³/mol. The van der Waals surface area contributed by atoms with Gasteiger partial charge in [0.05, 0.1) is 18.4 Å². The highest BCUT2D eigenvalue weighted by molar-refractivity contribution is 5.98. The molecule has 0 spiro atoms. The highest BCUT2D eigenvalue weighted by Crippen LogP contribution is 2.26. The zero-order valence-electron chi connectivity index (χ0n) is 11.1. The van der Waals surface area contributed by atoms with Crippen molar-refractivity contribution in [1.82, 2.24) is 4.90 Å². The van der Waals surface area contributed by atoms with Crippen LogP contribution in [0.4, 0.5) is 5.69 Å². The highest BCUT2D eigenvalue weighted by Gasteiger charge is 2.17. The number of anilines is 1. The van der Waals surface area contributed by atoms with Crippen molar-refractivity contribution in [2.24, 2.45) is 0 Å². The molecule has 0 heterocycles. The summed E-state index contributed by atoms with van der Waals surface area (Å²) >= 11 is 0. The average molecular weight is 252 g/mol. The molecule has 0 aliphatic rings. The van der Waals surface area contributed by atoms with Crippen LogP contribution in [-0.4, -0.2) is 45.2 Å². The Morgan fingerprint density at radius 3 is 2.72 bits per heavy atom. The highest BCUT2D eigenvalue weighted by atomic mass is 16.5. The molecule has 1 rings (SSSR count). The van der Waals surface area contributed by atoms with E-state index in [4.69, 9.17) is 15.2 Å². The van der Waals surface area contributed by atoms with Crippen molar-refractivity contribution in [1.29, 1.82) is 0 Å². The lowest BCUT2D eigenvalue weighted by Gasteiger charge is -2.19. The number of para-hydroxylation sites is 1. The molecule has 2 N–H and O–H groups in total. The largest absolute Gasteiger partial charge is 0.494 e. The number of benzene rings is 1. The van der Waals surface area contributed by atoms with E-state index in [-0.39, 0.29) is 5.91 Å². The van der Waals surface area contributed by atoms with E-state index in [0.717, 1.165) is 6.42 Å². The van der Waals surface area contributed by atoms with Gasteiger partial charge in [-0.3, -0.25) is 4.79 Å². The molecule has 0 bridgehead atoms. The molecule has 0 fully saturated rings. The van der Waals surface area contributed by atoms with Crippen LogP contribution >= 0.6 is 0 Å². The summed E-state index contributed by atoms with van der Waals surface area (Å²) in [6, 6.07) is 5.17. The van der Waals surface area contributed by atoms with Gasteiger partial charge in [0.2, 0.25) is 0 Å². The summed E-state index contributed by atoms with van der Waals surface area (Å²) in [5, 5.41) is 0. The molecule has 18 heavy (non-hydrogen) atoms. The van der Waals surface area contributed by atoms with Gasteiger partial charge in [0.1, 0.15) is 0 Å². The lowest BCUT2D eigenvalue weighted by atomic mass is 10.1. The van der Waals surface area contributed by atoms with Crippen LogP contribution in [0.15, 0.2) is 18.2 Å². The number of carbonyl (C=O) groups is 1. The Bertz CT molecular complexity index is 407. The number of methoxy groups -OCH3 is 2. The summed E-state index contributed by atoms with van der Waals surface area (Å²) in [4.78, 5) is 13.9. The van der Waals surface area contributed by atoms with E-state index in [9.17, 15) is 4.79 Å². The van der Waals surface area contributed by atoms with Crippen LogP contribution in [0.5, 0.6) is 5.75 Å². The Morgan fingerprint density at radius 2 is 2.11 bits per heavy atom. The van der Waals surface area contributed by atoms with Gasteiger partial charge in [-0.05, 0) is 18.6 Å². The average Bonchev–Trinajstić information content (AvgIpc) is 2.37. The first-order valence-corrected chi connectivity index (χ1v) is 5.78. The fourth-order valence-electron chi connectivity index (χ4n) is 1.70. The van der Waals surface area contributed by atoms with Crippen molar-refractivity contribution in [2.75, 3.05) is 40.2 Å². The maximum atomic E-state index is 12.2. The van der Waals surface area contributed by atoms with Gasteiger partial charge < -0.3 is 20.1 Å². The van der Waals surface area contributed by atoms with Crippen LogP contribution in [0.25, 0.3) is 0 Å². The van der Waals surface area contributed by atoms with E-state index in [0.29, 0.717) is 30.2 Å². The molecular formula is C13H20N2O3. The van der Waals surface area contributed by atoms with Crippen LogP contribution in [0.3, 0.4) is 0 Å². The Kier molecular flexibility index (Phi) is 5.45. The molecule has 0 radical (unpaired) electrons. The molecule has 0 aliphatic heterocycles. The standard InChI is InChI=1S/C13H20N2O3/c1-15(8-5-9-17-2)13(16)10-6-4-7-11(14)12(10)18-3/h4,6-7H,5,8-9,14H2,1-3H3. The number of nitrogens with zero attached hydrogens (tertiary/aromatic N) is 1. The molecule has 1 amide bonds. The van der Waals surface area contributed by atoms with E-state index >= 15 is 0 Å². The van der Waals surface area contributed by atoms with Crippen LogP contribution in [-0.2, 0) is 4.74 Å². The second kappa shape index (κ2) is 6.86. The first-order chi connectivity index (χ1) is 8.61. The Balaban J connectivity index is 2.80. The van der Waals surface area contributed by atoms with Gasteiger partial charge in [-0.2, -0.15) is 0 Å². The quantitative estimate of drug-likeness (QED) is 0.613. The summed E-state index contributed by atoms with van der Waals surface area (Å²) in [6.07, 6.45) is 0.795. The molecule has 5 heteroatoms. The molecule has 0 saturated heterocycles. The number of nitrogens with two attached hydrogens (primary N) is 1. The van der Waals surface area contributed by atoms with Crippen molar-refractivity contribution in [2.45, 2.75) is 6.42 Å². The van der Waals surface area contributed by atoms with Gasteiger partial charge in [0.25, 0.3) is 5.91 Å². The Morgan fingerprint density at radius 1 is 1.39 bits per heavy atom. The second-order valence-corrected chi connectivity index (χ2v) is 4.00. The van der Waals surface area contributed by atoms with Crippen LogP contribution in [0.2, 0.25) is 0 Å². The molecule has 100 valence electrons. The third kappa shape index (κ3) is 3.37. The molecule has 1 aromatic rings. The van der Waals surface area contributed by atoms with E-state index in [1.807, 2.05) is 0 Å². The summed E-state index contributed by atoms with van der Waals surface area (Å²) < 4.78 is 10.1. The predicted octanol–water partition coefficient (Wildman–Crippen LogP) is 1.39. The number of nitrogen functional groups attached to an aromatic ring is 1. The topological polar surface area (TPSA) is 64.8 Å². The maximum absolute atomic E-state index is 12.2. The monoisotopic (exact) mass is 252 g/mol. The fraction of sp³-hybridized carbons (Fsp3) is 0.462. The number of carbonyl (C=O) groups excluding carboxylic acids is 1. The summed E-state index contributed by atoms with van der Waals surface area (Å²) in [7, 11) is 4.90. The molecule has 0 unspecified atom stereocenters. The van der Waals surface area contributed by atoms with Crippen molar-refractivity contribution in [3.63, 3.8) is 0 Å². The zero-order chi connectivity index (χ0) is 13.5. The molecule has 0 aliphatic carbocycles. The van der Waals surface area contributed by atoms with E-state index in [2.05, 4.69) is 0 Å². The molecule has 0 aromatic heterocycles. The number of rotatable bonds is 6. The van der Waals surface area contributed by atoms with Gasteiger partial charge in [0, 0.05) is 27.3 Å². The minimum atomic E-state index is -0.102. The normalized spacial score (nSPS) is 10.2. The number of hydrogen-bond donors (Lipinski definition) is 1. The lowest BCUT2D eigenvalue weighted by molar-refractivity contribution is 0.0776. The molecule has 0 saturated carbocycles. The molecule has 5 nitrogen and oxygen atoms in total. The van der Waals surface area contributed by atoms with E-state index in [1.165, 1.54) is 7.11 Å². The zero-order valence-corrected chi connectivity index (χ0v) is 11.1. The van der Waals surface area contributed by atoms with Crippen LogP contribution < -0.4 is 10.5 Å². The first-order valence-electron chi connectivity index (χ1n) is 5.78. The van der Waals surface area contributed by atoms with Crippen molar-refractivity contribution >= 4 is 11.6 Å². The third-order valence-electron chi connectivity index (χ3n) is 2.67. The van der Waals surface area contributed by atoms with Crippen molar-refractivity contribution in [3.8, 4) is 5.75 Å². The van der Waals surface area contributed by atoms with Crippen LogP contribution in [0, 0.1) is 0 Å². The molecule has 1 aromatic carbocycles. The van der Waals surface area contributed by atoms with Gasteiger partial charge in [0.15, 0.2) is 5.75 Å². The van der Waals surface area contributed by atoms with E-state index < -0.39 is 0 Å². The van der Waals surface area contributed by atoms with Crippen molar-refractivity contribution < 1.29 is 14.3 Å². The summed E-state index contributed by atoms with van der Waals surface area (Å²) in [6.45, 7) is 1.26. The van der Waals surface area contributed by atoms with Crippen LogP contribution in [0.1, 0.15) is 16.8 Å². The van der Waals surface area contributed by atoms with Crippen molar-refractivity contribution in [3.05, 3.63) is 23.8 Å². The van der Waals surface area contributed by atoms with Gasteiger partial charge in [-0.25, -0.2) is 0 Å². The minimum absolute atomic E-state index is 0.102. The molecular weight excluding hydrogens is 232 g/mol. The minimum Gasteiger partial charge on any atom is -0.494 e. The van der Waals surface area contributed by atoms with Gasteiger partial charge in [-0.15, -0.1) is 0 Å². The van der Waals surface area contributed by atoms with E-state index in [1.54, 1.807) is 37.3 Å². The van der Waals surface area contributed by atoms with Gasteiger partial charge >= 0.3 is 0 Å². The maximum Gasteiger partial charge on any atom is 0.257 e. The first kappa shape index (κ1) is 14.3. The number of ether oxygens (including phenoxy) is 2. The summed E-state index contributed by atoms with van der Waals surface area (Å²) in [5.41, 5.74) is 6.73. The number of amides is 1. The Labute approximate surface area is 107 Å². The second-order valence-electron chi connectivity index (χ2n) is 4.00. The Hall–Kier alpha value is -1.75. The smallest absolute Gasteiger partial charge is 0.257 e. The third-order valence-corrected chi connectivity index (χ3v) is 2.67. The molecule has 0 atom stereocenters. The SMILES string of the molecule is COCCCN(C)C(=O)c1cccc(N)c1OC. The number of hydrogen-bond acceptors (Lipinski definition) is 4. The lowest BCUT2D eigenvalue weighted by Crippen LogP contribution is -2.28. The van der Waals surface area contributed by atoms with Gasteiger partial charge in [-0.1, -0.05) is 6.07 Å². The summed E-state index contributed by atoms with van der Waals surface area (Å²) in [5.74, 6) is 0.330. The fourth-order valence-corrected chi connectivity index (χ4v) is 1.70.